The highest BCUT2D eigenvalue weighted by atomic mass is 19.2. The third-order valence-electron chi connectivity index (χ3n) is 5.32. The van der Waals surface area contributed by atoms with Crippen molar-refractivity contribution in [3.05, 3.63) is 35.1 Å². The van der Waals surface area contributed by atoms with Crippen molar-refractivity contribution in [1.29, 1.82) is 0 Å². The fourth-order valence-electron chi connectivity index (χ4n) is 3.94. The zero-order chi connectivity index (χ0) is 19.0. The molecule has 2 aliphatic rings. The molecule has 5 nitrogen and oxygen atoms in total. The number of rotatable bonds is 4. The molecule has 2 amide bonds. The van der Waals surface area contributed by atoms with Crippen LogP contribution in [-0.2, 0) is 16.0 Å². The number of fused-ring (bicyclic) bond motifs is 1. The van der Waals surface area contributed by atoms with Crippen molar-refractivity contribution in [2.75, 3.05) is 19.6 Å². The van der Waals surface area contributed by atoms with Crippen LogP contribution in [0.2, 0.25) is 0 Å². The lowest BCUT2D eigenvalue weighted by atomic mass is 10.0. The molecule has 142 valence electrons. The van der Waals surface area contributed by atoms with Crippen LogP contribution in [0.5, 0.6) is 0 Å². The molecule has 2 heterocycles. The summed E-state index contributed by atoms with van der Waals surface area (Å²) in [4.78, 5) is 27.6. The van der Waals surface area contributed by atoms with Gasteiger partial charge in [0.15, 0.2) is 11.6 Å². The first-order valence-electron chi connectivity index (χ1n) is 8.70. The van der Waals surface area contributed by atoms with E-state index in [4.69, 9.17) is 5.73 Å². The molecule has 2 saturated heterocycles. The topological polar surface area (TPSA) is 66.6 Å². The van der Waals surface area contributed by atoms with Crippen LogP contribution in [0.25, 0.3) is 0 Å². The highest BCUT2D eigenvalue weighted by Gasteiger charge is 2.43. The van der Waals surface area contributed by atoms with E-state index in [1.807, 2.05) is 0 Å². The number of carbonyl (C=O) groups is 2. The summed E-state index contributed by atoms with van der Waals surface area (Å²) in [5.74, 6) is -3.15. The smallest absolute Gasteiger partial charge is 0.224 e. The van der Waals surface area contributed by atoms with Crippen LogP contribution in [0.15, 0.2) is 12.1 Å². The monoisotopic (exact) mass is 369 g/mol. The molecule has 2 N–H and O–H groups in total. The van der Waals surface area contributed by atoms with E-state index in [0.717, 1.165) is 12.5 Å². The molecule has 0 saturated carbocycles. The summed E-state index contributed by atoms with van der Waals surface area (Å²) in [7, 11) is 0. The van der Waals surface area contributed by atoms with E-state index in [9.17, 15) is 22.8 Å². The molecule has 2 aliphatic heterocycles. The average Bonchev–Trinajstić information content (AvgIpc) is 3.12. The Balaban J connectivity index is 1.60. The fraction of sp³-hybridized carbons (Fsp3) is 0.556. The van der Waals surface area contributed by atoms with Crippen molar-refractivity contribution in [2.45, 2.75) is 38.3 Å². The predicted octanol–water partition coefficient (Wildman–Crippen LogP) is 1.44. The minimum Gasteiger partial charge on any atom is -0.341 e. The Morgan fingerprint density at radius 1 is 1.19 bits per heavy atom. The average molecular weight is 369 g/mol. The largest absolute Gasteiger partial charge is 0.341 e. The maximum Gasteiger partial charge on any atom is 0.224 e. The summed E-state index contributed by atoms with van der Waals surface area (Å²) in [6, 6.07) is 0.562. The Morgan fingerprint density at radius 2 is 1.88 bits per heavy atom. The second-order valence-electron chi connectivity index (χ2n) is 7.15. The van der Waals surface area contributed by atoms with Gasteiger partial charge >= 0.3 is 0 Å². The van der Waals surface area contributed by atoms with E-state index in [1.54, 1.807) is 9.80 Å². The van der Waals surface area contributed by atoms with Crippen LogP contribution >= 0.6 is 0 Å². The number of nitrogens with two attached hydrogens (primary N) is 1. The fourth-order valence-corrected chi connectivity index (χ4v) is 3.94. The van der Waals surface area contributed by atoms with Crippen molar-refractivity contribution >= 4 is 11.8 Å². The molecule has 0 bridgehead atoms. The molecule has 0 aromatic heterocycles. The zero-order valence-electron chi connectivity index (χ0n) is 14.6. The summed E-state index contributed by atoms with van der Waals surface area (Å²) < 4.78 is 40.0. The summed E-state index contributed by atoms with van der Waals surface area (Å²) in [5.41, 5.74) is 5.90. The molecule has 2 fully saturated rings. The lowest BCUT2D eigenvalue weighted by Crippen LogP contribution is -2.42. The second kappa shape index (κ2) is 7.26. The van der Waals surface area contributed by atoms with Crippen molar-refractivity contribution in [1.82, 2.24) is 9.80 Å². The van der Waals surface area contributed by atoms with Gasteiger partial charge in [-0.15, -0.1) is 0 Å². The van der Waals surface area contributed by atoms with Gasteiger partial charge in [-0.05, 0) is 24.5 Å². The Labute approximate surface area is 149 Å². The molecule has 1 aromatic carbocycles. The molecule has 3 atom stereocenters. The van der Waals surface area contributed by atoms with Gasteiger partial charge in [0.1, 0.15) is 5.82 Å². The van der Waals surface area contributed by atoms with Gasteiger partial charge in [0.25, 0.3) is 0 Å². The van der Waals surface area contributed by atoms with E-state index in [-0.39, 0.29) is 42.2 Å². The van der Waals surface area contributed by atoms with Gasteiger partial charge in [0.2, 0.25) is 11.8 Å². The Morgan fingerprint density at radius 3 is 2.58 bits per heavy atom. The maximum atomic E-state index is 13.7. The van der Waals surface area contributed by atoms with Crippen LogP contribution in [0.1, 0.15) is 25.3 Å². The van der Waals surface area contributed by atoms with E-state index in [2.05, 4.69) is 0 Å². The Kier molecular flexibility index (Phi) is 5.22. The van der Waals surface area contributed by atoms with E-state index in [0.29, 0.717) is 25.7 Å². The van der Waals surface area contributed by atoms with Crippen LogP contribution in [0.4, 0.5) is 13.2 Å². The minimum atomic E-state index is -1.25. The van der Waals surface area contributed by atoms with Crippen molar-refractivity contribution in [2.24, 2.45) is 11.7 Å². The quantitative estimate of drug-likeness (QED) is 0.817. The van der Waals surface area contributed by atoms with Gasteiger partial charge in [-0.1, -0.05) is 0 Å². The number of halogens is 3. The lowest BCUT2D eigenvalue weighted by molar-refractivity contribution is -0.134. The van der Waals surface area contributed by atoms with E-state index in [1.165, 1.54) is 6.92 Å². The third kappa shape index (κ3) is 3.70. The van der Waals surface area contributed by atoms with Gasteiger partial charge in [-0.3, -0.25) is 9.59 Å². The molecule has 26 heavy (non-hydrogen) atoms. The summed E-state index contributed by atoms with van der Waals surface area (Å²) in [6.45, 7) is 3.32. The highest BCUT2D eigenvalue weighted by molar-refractivity contribution is 5.78. The lowest BCUT2D eigenvalue weighted by Gasteiger charge is -2.26. The van der Waals surface area contributed by atoms with Crippen LogP contribution < -0.4 is 5.73 Å². The number of nitrogens with zero attached hydrogens (tertiary/aromatic N) is 2. The normalized spacial score (nSPS) is 23.3. The first-order chi connectivity index (χ1) is 12.3. The molecule has 3 rings (SSSR count). The van der Waals surface area contributed by atoms with Crippen LogP contribution in [-0.4, -0.2) is 53.3 Å². The number of hydrogen-bond acceptors (Lipinski definition) is 3. The first-order valence-corrected chi connectivity index (χ1v) is 8.70. The van der Waals surface area contributed by atoms with Crippen LogP contribution in [0, 0.1) is 23.4 Å². The van der Waals surface area contributed by atoms with Crippen LogP contribution in [0.3, 0.4) is 0 Å². The molecule has 0 aliphatic carbocycles. The third-order valence-corrected chi connectivity index (χ3v) is 5.32. The number of benzene rings is 1. The summed E-state index contributed by atoms with van der Waals surface area (Å²) in [6.07, 6.45) is 0.769. The van der Waals surface area contributed by atoms with E-state index < -0.39 is 23.5 Å². The van der Waals surface area contributed by atoms with Gasteiger partial charge in [0.05, 0.1) is 6.04 Å². The SMILES string of the molecule is CC(=O)N1CC2CCN(C(=O)CC(N)Cc3cc(F)c(F)cc3F)C2C1. The molecule has 0 radical (unpaired) electrons. The zero-order valence-corrected chi connectivity index (χ0v) is 14.6. The van der Waals surface area contributed by atoms with Gasteiger partial charge in [0, 0.05) is 51.0 Å². The van der Waals surface area contributed by atoms with Crippen molar-refractivity contribution in [3.63, 3.8) is 0 Å². The van der Waals surface area contributed by atoms with Crippen molar-refractivity contribution < 1.29 is 22.8 Å². The summed E-state index contributed by atoms with van der Waals surface area (Å²) in [5, 5.41) is 0. The standard InChI is InChI=1S/C18H22F3N3O2/c1-10(25)23-8-11-2-3-24(17(11)9-23)18(26)6-13(22)4-12-5-15(20)16(21)7-14(12)19/h5,7,11,13,17H,2-4,6,8-9,22H2,1H3. The molecular formula is C18H22F3N3O2. The molecule has 1 aromatic rings. The Hall–Kier alpha value is -2.09. The second-order valence-corrected chi connectivity index (χ2v) is 7.15. The molecular weight excluding hydrogens is 347 g/mol. The van der Waals surface area contributed by atoms with Gasteiger partial charge < -0.3 is 15.5 Å². The number of amides is 2. The molecule has 0 spiro atoms. The molecule has 8 heteroatoms. The first kappa shape index (κ1) is 18.7. The summed E-state index contributed by atoms with van der Waals surface area (Å²) >= 11 is 0. The van der Waals surface area contributed by atoms with Crippen molar-refractivity contribution in [3.8, 4) is 0 Å². The Bertz CT molecular complexity index is 728. The van der Waals surface area contributed by atoms with E-state index >= 15 is 0 Å². The maximum absolute atomic E-state index is 13.7. The minimum absolute atomic E-state index is 0.00129. The number of hydrogen-bond donors (Lipinski definition) is 1. The highest BCUT2D eigenvalue weighted by Crippen LogP contribution is 2.32. The van der Waals surface area contributed by atoms with Gasteiger partial charge in [-0.25, -0.2) is 13.2 Å². The molecule has 3 unspecified atom stereocenters. The number of carbonyl (C=O) groups excluding carboxylic acids is 2. The van der Waals surface area contributed by atoms with Gasteiger partial charge in [-0.2, -0.15) is 0 Å². The number of likely N-dealkylation sites (tertiary alicyclic amines) is 2. The predicted molar refractivity (Wildman–Crippen MR) is 88.5 cm³/mol.